The smallest absolute Gasteiger partial charge is 0.436 e. The van der Waals surface area contributed by atoms with Gasteiger partial charge < -0.3 is 65.2 Å². The number of ether oxygens (including phenoxy) is 2. The molecule has 31 heteroatoms. The predicted octanol–water partition coefficient (Wildman–Crippen LogP) is 30.4. The first-order valence-electron chi connectivity index (χ1n) is 45.6. The summed E-state index contributed by atoms with van der Waals surface area (Å²) >= 11 is 23.2. The van der Waals surface area contributed by atoms with Crippen molar-refractivity contribution in [3.05, 3.63) is 365 Å². The standard InChI is InChI=1S/C32H20N2O2.C18H19BN2O3.2C13H8BrNO.C12H24B2O4.C7H4BrClO.C6H6BrN.C6H4I2.C4H8O2/c1-3-16-29-27(14-1)33-31(35-29)25-12-6-10-23(19-25)21-8-5-9-22(18-21)24-11-7-13-26(20-24)32-34-28-15-2-4-17-30(28)36-32;1-17(2)18(3,4)24-19(23-17)13-9-12(10-20-11-13)16-21-14-7-5-6-8-15(14)22-16;2*14-10-5-3-4-9(8-10)13-15-11-6-1-2-7-12(11)16-13;1-9(2)10(3,4)16-13(15-9)14-17-11(5,6)12(7,8)18-14;8-6-3-1-2-5(4-6)7(9)10;7-5-3-1-2-4-6(5)8;7-5-2-1-3-6(8)4-5;1-2-6-4-3-5-1/h1-20H;5-11H,1-4H3;2*1-8H;1-8H3;1-4H;1-4H,8H2;1-4H;1-4H2. The van der Waals surface area contributed by atoms with Crippen LogP contribution in [0.1, 0.15) is 93.4 Å². The molecule has 0 radical (unpaired) electrons. The summed E-state index contributed by atoms with van der Waals surface area (Å²) in [7, 11) is -1.40. The molecule has 142 heavy (non-hydrogen) atoms. The first-order chi connectivity index (χ1) is 68.0. The lowest BCUT2D eigenvalue weighted by Gasteiger charge is -2.32. The zero-order valence-electron chi connectivity index (χ0n) is 79.9. The molecule has 0 aliphatic carbocycles. The van der Waals surface area contributed by atoms with Crippen LogP contribution in [0.2, 0.25) is 0 Å². The van der Waals surface area contributed by atoms with Gasteiger partial charge in [-0.2, -0.15) is 0 Å². The summed E-state index contributed by atoms with van der Waals surface area (Å²) in [6.07, 6.45) is 3.49. The number of para-hydroxylation sites is 11. The van der Waals surface area contributed by atoms with E-state index in [1.54, 1.807) is 30.6 Å². The van der Waals surface area contributed by atoms with Gasteiger partial charge in [-0.3, -0.25) is 9.78 Å². The van der Waals surface area contributed by atoms with Gasteiger partial charge in [-0.15, -0.1) is 0 Å². The van der Waals surface area contributed by atoms with Gasteiger partial charge >= 0.3 is 21.1 Å². The van der Waals surface area contributed by atoms with Crippen molar-refractivity contribution >= 4 is 214 Å². The van der Waals surface area contributed by atoms with Crippen molar-refractivity contribution in [3.8, 4) is 79.5 Å². The second-order valence-electron chi connectivity index (χ2n) is 36.0. The number of halogens is 7. The quantitative estimate of drug-likeness (QED) is 0.0577. The number of fused-ring (bicyclic) bond motifs is 5. The van der Waals surface area contributed by atoms with Crippen LogP contribution in [-0.4, -0.2) is 116 Å². The Morgan fingerprint density at radius 1 is 0.310 bits per heavy atom. The van der Waals surface area contributed by atoms with Gasteiger partial charge in [0.05, 0.1) is 65.6 Å². The van der Waals surface area contributed by atoms with Crippen molar-refractivity contribution in [2.75, 3.05) is 32.2 Å². The van der Waals surface area contributed by atoms with Crippen molar-refractivity contribution in [3.63, 3.8) is 0 Å². The highest BCUT2D eigenvalue weighted by atomic mass is 127. The van der Waals surface area contributed by atoms with E-state index >= 15 is 0 Å². The van der Waals surface area contributed by atoms with Crippen molar-refractivity contribution < 1.29 is 64.3 Å². The number of carbonyl (C=O) groups is 1. The number of rotatable bonds is 10. The molecule has 0 saturated carbocycles. The highest BCUT2D eigenvalue weighted by Gasteiger charge is 2.64. The topological polar surface area (TPSA) is 260 Å². The molecule has 4 saturated heterocycles. The Balaban J connectivity index is 0.000000127. The number of benzene rings is 13. The Hall–Kier alpha value is -10.6. The van der Waals surface area contributed by atoms with Crippen molar-refractivity contribution in [1.29, 1.82) is 0 Å². The largest absolute Gasteiger partial charge is 0.496 e. The minimum absolute atomic E-state index is 0.360. The second kappa shape index (κ2) is 47.5. The second-order valence-corrected chi connectivity index (χ2v) is 42.4. The van der Waals surface area contributed by atoms with E-state index in [9.17, 15) is 4.79 Å². The third kappa shape index (κ3) is 27.5. The number of carbonyl (C=O) groups excluding carboxylic acids is 1. The number of aromatic nitrogens is 6. The molecule has 23 rings (SSSR count). The van der Waals surface area contributed by atoms with E-state index in [1.165, 1.54) is 7.14 Å². The Kier molecular flexibility index (Phi) is 35.3. The maximum atomic E-state index is 10.5. The molecule has 6 aromatic heterocycles. The van der Waals surface area contributed by atoms with Gasteiger partial charge in [-0.1, -0.05) is 193 Å². The van der Waals surface area contributed by atoms with Crippen LogP contribution in [-0.2, 0) is 37.4 Å². The average molecular weight is 2400 g/mol. The van der Waals surface area contributed by atoms with Crippen LogP contribution in [0.3, 0.4) is 0 Å². The Morgan fingerprint density at radius 2 is 0.592 bits per heavy atom. The molecule has 19 aromatic rings. The molecule has 0 unspecified atom stereocenters. The van der Waals surface area contributed by atoms with E-state index in [1.807, 2.05) is 314 Å². The van der Waals surface area contributed by atoms with Crippen LogP contribution in [0.15, 0.2) is 374 Å². The molecule has 4 aliphatic rings. The first kappa shape index (κ1) is 106. The Labute approximate surface area is 892 Å². The SMILES string of the molecule is Brc1cccc(-c2nc3ccccc3o2)c1.Brc1cccc(-c2nc3ccccc3o2)c1.C1COCCO1.CC1(C)OB(B2OC(C)(C)C(C)(C)O2)OC1(C)C.CC1(C)OB(c2cncc(-c3nc4ccccc4o3)c2)OC1(C)C.Ic1cccc(I)c1.Nc1ccccc1Br.O=C(Cl)c1cccc(Br)c1.c1cc(-c2cccc(-c3nc4ccccc4o3)c2)cc(-c2cccc(-c3nc4ccccc4o3)c2)c1. The van der Waals surface area contributed by atoms with E-state index in [-0.39, 0.29) is 33.6 Å². The van der Waals surface area contributed by atoms with Crippen LogP contribution in [0.25, 0.3) is 135 Å². The third-order valence-corrected chi connectivity index (χ3v) is 27.9. The molecular weight excluding hydrogens is 2300 g/mol. The normalized spacial score (nSPS) is 15.3. The van der Waals surface area contributed by atoms with Gasteiger partial charge in [0, 0.05) is 76.4 Å². The number of hydrogen-bond donors (Lipinski definition) is 1. The number of oxazole rings is 5. The molecule has 722 valence electrons. The van der Waals surface area contributed by atoms with E-state index in [4.69, 9.17) is 76.8 Å². The van der Waals surface area contributed by atoms with Crippen LogP contribution in [0.4, 0.5) is 5.69 Å². The van der Waals surface area contributed by atoms with Gasteiger partial charge in [0.2, 0.25) is 29.5 Å². The monoisotopic (exact) mass is 2390 g/mol. The van der Waals surface area contributed by atoms with E-state index in [0.717, 1.165) is 161 Å². The number of anilines is 1. The van der Waals surface area contributed by atoms with Gasteiger partial charge in [0.25, 0.3) is 5.24 Å². The summed E-state index contributed by atoms with van der Waals surface area (Å²) in [5, 5.41) is -0.429. The van der Waals surface area contributed by atoms with Crippen LogP contribution in [0.5, 0.6) is 0 Å². The van der Waals surface area contributed by atoms with Crippen molar-refractivity contribution in [1.82, 2.24) is 29.9 Å². The molecule has 0 spiro atoms. The number of hydrogen-bond acceptors (Lipinski definition) is 21. The number of nitrogens with two attached hydrogens (primary N) is 1. The number of nitrogen functional groups attached to an aromatic ring is 1. The lowest BCUT2D eigenvalue weighted by atomic mass is 9.49. The number of pyridine rings is 1. The summed E-state index contributed by atoms with van der Waals surface area (Å²) in [6, 6.07) is 105. The lowest BCUT2D eigenvalue weighted by Crippen LogP contribution is -2.41. The van der Waals surface area contributed by atoms with Gasteiger partial charge in [0.15, 0.2) is 27.9 Å². The highest BCUT2D eigenvalue weighted by molar-refractivity contribution is 14.1. The Morgan fingerprint density at radius 3 is 0.880 bits per heavy atom. The van der Waals surface area contributed by atoms with Gasteiger partial charge in [-0.05, 0) is 354 Å². The van der Waals surface area contributed by atoms with E-state index in [0.29, 0.717) is 35.0 Å². The van der Waals surface area contributed by atoms with Crippen molar-refractivity contribution in [2.24, 2.45) is 0 Å². The van der Waals surface area contributed by atoms with Crippen LogP contribution >= 0.6 is 121 Å². The average Bonchev–Trinajstić information content (AvgIpc) is 1.60. The molecule has 0 amide bonds. The first-order valence-corrected chi connectivity index (χ1v) is 51.4. The molecule has 13 aromatic carbocycles. The van der Waals surface area contributed by atoms with E-state index < -0.39 is 26.4 Å². The molecule has 0 atom stereocenters. The summed E-state index contributed by atoms with van der Waals surface area (Å²) in [5.41, 5.74) is 22.8. The fourth-order valence-corrected chi connectivity index (χ4v) is 17.7. The maximum Gasteiger partial charge on any atom is 0.496 e. The Bertz CT molecular complexity index is 7000. The van der Waals surface area contributed by atoms with Crippen LogP contribution < -0.4 is 11.2 Å². The molecule has 0 bridgehead atoms. The summed E-state index contributed by atoms with van der Waals surface area (Å²) in [4.78, 5) is 37.6. The predicted molar refractivity (Wildman–Crippen MR) is 599 cm³/mol. The molecule has 4 aliphatic heterocycles. The van der Waals surface area contributed by atoms with Crippen LogP contribution in [0, 0.1) is 7.14 Å². The molecule has 4 fully saturated rings. The molecule has 21 nitrogen and oxygen atoms in total. The lowest BCUT2D eigenvalue weighted by molar-refractivity contribution is -0.0334. The molecule has 10 heterocycles. The van der Waals surface area contributed by atoms with Crippen molar-refractivity contribution in [2.45, 2.75) is 117 Å². The van der Waals surface area contributed by atoms with Gasteiger partial charge in [-0.25, -0.2) is 24.9 Å². The fraction of sp³-hybridized carbons (Fsp3) is 0.198. The molecule has 2 N–H and O–H groups in total. The summed E-state index contributed by atoms with van der Waals surface area (Å²) < 4.78 is 81.5. The zero-order chi connectivity index (χ0) is 101. The third-order valence-electron chi connectivity index (χ3n) is 24.1. The molecular formula is C111H101B3Br4ClI2N7O14. The summed E-state index contributed by atoms with van der Waals surface area (Å²) in [5.74, 6) is 3.10. The van der Waals surface area contributed by atoms with E-state index in [2.05, 4.69) is 212 Å². The summed E-state index contributed by atoms with van der Waals surface area (Å²) in [6.45, 7) is 27.5. The van der Waals surface area contributed by atoms with Gasteiger partial charge in [0.1, 0.15) is 27.6 Å². The highest BCUT2D eigenvalue weighted by Crippen LogP contribution is 2.45. The number of nitrogens with zero attached hydrogens (tertiary/aromatic N) is 6. The zero-order valence-corrected chi connectivity index (χ0v) is 91.4. The minimum Gasteiger partial charge on any atom is -0.436 e. The fourth-order valence-electron chi connectivity index (χ4n) is 14.4. The maximum absolute atomic E-state index is 10.5. The minimum atomic E-state index is -0.476.